The van der Waals surface area contributed by atoms with E-state index in [0.29, 0.717) is 0 Å². The Labute approximate surface area is 145 Å². The van der Waals surface area contributed by atoms with Gasteiger partial charge in [0, 0.05) is 6.04 Å². The highest BCUT2D eigenvalue weighted by Crippen LogP contribution is 2.25. The van der Waals surface area contributed by atoms with Gasteiger partial charge in [-0.25, -0.2) is 8.42 Å². The van der Waals surface area contributed by atoms with Crippen molar-refractivity contribution in [3.8, 4) is 0 Å². The van der Waals surface area contributed by atoms with E-state index >= 15 is 0 Å². The molecule has 0 fully saturated rings. The molecule has 25 heavy (non-hydrogen) atoms. The molecule has 6 nitrogen and oxygen atoms in total. The summed E-state index contributed by atoms with van der Waals surface area (Å²) < 4.78 is 59.7. The first-order valence-corrected chi connectivity index (χ1v) is 8.56. The predicted molar refractivity (Wildman–Crippen MR) is 88.1 cm³/mol. The lowest BCUT2D eigenvalue weighted by molar-refractivity contribution is -0.870. The first-order chi connectivity index (χ1) is 11.2. The van der Waals surface area contributed by atoms with Crippen LogP contribution in [0.5, 0.6) is 0 Å². The number of fused-ring (bicyclic) bond motifs is 1. The number of hydrogen-bond donors (Lipinski definition) is 2. The van der Waals surface area contributed by atoms with E-state index in [2.05, 4.69) is 39.4 Å². The minimum atomic E-state index is -6.09. The van der Waals surface area contributed by atoms with E-state index in [1.165, 1.54) is 11.1 Å². The van der Waals surface area contributed by atoms with Crippen LogP contribution in [0.4, 0.5) is 13.2 Å². The van der Waals surface area contributed by atoms with Crippen LogP contribution >= 0.6 is 0 Å². The molecule has 0 radical (unpaired) electrons. The molecule has 3 N–H and O–H groups in total. The van der Waals surface area contributed by atoms with Crippen molar-refractivity contribution >= 4 is 16.2 Å². The van der Waals surface area contributed by atoms with E-state index in [1.54, 1.807) is 0 Å². The molecule has 0 bridgehead atoms. The molecule has 2 rings (SSSR count). The molecule has 0 aromatic heterocycles. The molecule has 1 aromatic carbocycles. The summed E-state index contributed by atoms with van der Waals surface area (Å²) in [5.74, 6) is 0. The molecule has 1 atom stereocenters. The number of aliphatic hydroxyl groups excluding tert-OH is 1. The van der Waals surface area contributed by atoms with Gasteiger partial charge in [0.1, 0.15) is 6.54 Å². The van der Waals surface area contributed by atoms with Crippen molar-refractivity contribution in [3.63, 3.8) is 0 Å². The van der Waals surface area contributed by atoms with E-state index in [1.807, 2.05) is 18.2 Å². The minimum absolute atomic E-state index is 0.121. The highest BCUT2D eigenvalue weighted by atomic mass is 32.2. The lowest BCUT2D eigenvalue weighted by atomic mass is 10.1. The molecule has 1 unspecified atom stereocenters. The number of benzene rings is 1. The fourth-order valence-corrected chi connectivity index (χ4v) is 1.58. The van der Waals surface area contributed by atoms with E-state index in [9.17, 15) is 13.2 Å². The van der Waals surface area contributed by atoms with E-state index in [0.717, 1.165) is 11.0 Å². The quantitative estimate of drug-likeness (QED) is 0.456. The third kappa shape index (κ3) is 9.56. The number of likely N-dealkylation sites (N-methyl/N-ethyl adjacent to an activating group) is 1. The number of halogens is 3. The van der Waals surface area contributed by atoms with Gasteiger partial charge in [-0.1, -0.05) is 36.4 Å². The average molecular weight is 384 g/mol. The van der Waals surface area contributed by atoms with Crippen molar-refractivity contribution in [2.24, 2.45) is 5.73 Å². The molecule has 0 aliphatic heterocycles. The van der Waals surface area contributed by atoms with Crippen molar-refractivity contribution in [1.29, 1.82) is 0 Å². The lowest BCUT2D eigenvalue weighted by Gasteiger charge is -2.21. The van der Waals surface area contributed by atoms with Crippen LogP contribution in [0.3, 0.4) is 0 Å². The molecule has 144 valence electrons. The number of hydrogen-bond acceptors (Lipinski definition) is 5. The second kappa shape index (κ2) is 9.30. The van der Waals surface area contributed by atoms with Crippen LogP contribution in [0.2, 0.25) is 0 Å². The molecule has 0 amide bonds. The SMILES string of the molecule is C[N+](C)(C)CCO.NC1C=Cc2ccccc21.O=S(=O)([O-])C(F)(F)F. The monoisotopic (exact) mass is 384 g/mol. The number of aliphatic hydroxyl groups is 1. The molecule has 0 heterocycles. The Morgan fingerprint density at radius 3 is 2.04 bits per heavy atom. The maximum Gasteiger partial charge on any atom is 0.485 e. The van der Waals surface area contributed by atoms with Gasteiger partial charge < -0.3 is 19.9 Å². The first kappa shape index (κ1) is 23.5. The minimum Gasteiger partial charge on any atom is -0.741 e. The molecule has 10 heteroatoms. The van der Waals surface area contributed by atoms with Crippen molar-refractivity contribution in [3.05, 3.63) is 41.5 Å². The summed E-state index contributed by atoms with van der Waals surface area (Å²) in [6.07, 6.45) is 4.09. The number of rotatable bonds is 2. The standard InChI is InChI=1S/C9H9N.C5H14NO.CHF3O3S/c10-9-6-5-7-3-1-2-4-8(7)9;1-6(2,3)4-5-7;2-1(3,4)8(5,6)7/h1-6,9H,10H2;7H,4-5H2,1-3H3;(H,5,6,7)/q;+1;/p-1. The van der Waals surface area contributed by atoms with Crippen molar-refractivity contribution in [1.82, 2.24) is 0 Å². The Bertz CT molecular complexity index is 668. The molecular weight excluding hydrogens is 361 g/mol. The molecule has 1 aliphatic rings. The van der Waals surface area contributed by atoms with Crippen LogP contribution < -0.4 is 5.73 Å². The summed E-state index contributed by atoms with van der Waals surface area (Å²) in [5.41, 5.74) is 2.61. The summed E-state index contributed by atoms with van der Waals surface area (Å²) in [6.45, 7) is 1.11. The number of nitrogens with two attached hydrogens (primary N) is 1. The van der Waals surface area contributed by atoms with Crippen LogP contribution in [-0.4, -0.2) is 62.4 Å². The smallest absolute Gasteiger partial charge is 0.485 e. The van der Waals surface area contributed by atoms with Crippen LogP contribution in [0.15, 0.2) is 30.3 Å². The summed E-state index contributed by atoms with van der Waals surface area (Å²) in [6, 6.07) is 8.32. The maximum atomic E-state index is 10.7. The van der Waals surface area contributed by atoms with Crippen molar-refractivity contribution < 1.29 is 35.7 Å². The van der Waals surface area contributed by atoms with Gasteiger partial charge in [-0.3, -0.25) is 0 Å². The van der Waals surface area contributed by atoms with E-state index in [-0.39, 0.29) is 12.6 Å². The van der Waals surface area contributed by atoms with Crippen molar-refractivity contribution in [2.45, 2.75) is 11.6 Å². The Morgan fingerprint density at radius 1 is 1.24 bits per heavy atom. The Hall–Kier alpha value is -1.46. The Kier molecular flexibility index (Phi) is 8.75. The fraction of sp³-hybridized carbons (Fsp3) is 0.467. The van der Waals surface area contributed by atoms with Gasteiger partial charge in [0.25, 0.3) is 0 Å². The fourth-order valence-electron chi connectivity index (χ4n) is 1.58. The van der Waals surface area contributed by atoms with Crippen LogP contribution in [0.25, 0.3) is 6.08 Å². The van der Waals surface area contributed by atoms with Gasteiger partial charge in [-0.2, -0.15) is 13.2 Å². The Balaban J connectivity index is 0.000000355. The van der Waals surface area contributed by atoms with Gasteiger partial charge in [0.05, 0.1) is 27.7 Å². The molecule has 0 spiro atoms. The van der Waals surface area contributed by atoms with Gasteiger partial charge in [0.15, 0.2) is 10.1 Å². The lowest BCUT2D eigenvalue weighted by Crippen LogP contribution is -2.36. The summed E-state index contributed by atoms with van der Waals surface area (Å²) >= 11 is 0. The molecule has 1 aliphatic carbocycles. The van der Waals surface area contributed by atoms with Gasteiger partial charge in [0.2, 0.25) is 0 Å². The van der Waals surface area contributed by atoms with Gasteiger partial charge >= 0.3 is 5.51 Å². The number of alkyl halides is 3. The molecular formula is C15H23F3N2O4S. The highest BCUT2D eigenvalue weighted by Gasteiger charge is 2.36. The average Bonchev–Trinajstić information content (AvgIpc) is 2.79. The van der Waals surface area contributed by atoms with Crippen LogP contribution in [-0.2, 0) is 10.1 Å². The third-order valence-corrected chi connectivity index (χ3v) is 3.46. The third-order valence-electron chi connectivity index (χ3n) is 2.89. The van der Waals surface area contributed by atoms with E-state index in [4.69, 9.17) is 23.8 Å². The predicted octanol–water partition coefficient (Wildman–Crippen LogP) is 1.45. The highest BCUT2D eigenvalue weighted by molar-refractivity contribution is 7.86. The van der Waals surface area contributed by atoms with Crippen LogP contribution in [0, 0.1) is 0 Å². The zero-order valence-corrected chi connectivity index (χ0v) is 15.0. The van der Waals surface area contributed by atoms with Gasteiger partial charge in [-0.05, 0) is 11.1 Å². The maximum absolute atomic E-state index is 10.7. The topological polar surface area (TPSA) is 103 Å². The summed E-state index contributed by atoms with van der Waals surface area (Å²) in [5, 5.41) is 8.39. The molecule has 1 aromatic rings. The van der Waals surface area contributed by atoms with Crippen LogP contribution in [0.1, 0.15) is 17.2 Å². The molecule has 0 saturated carbocycles. The summed E-state index contributed by atoms with van der Waals surface area (Å²) in [4.78, 5) is 0. The first-order valence-electron chi connectivity index (χ1n) is 7.15. The van der Waals surface area contributed by atoms with Gasteiger partial charge in [-0.15, -0.1) is 0 Å². The second-order valence-electron chi connectivity index (χ2n) is 6.15. The number of quaternary nitrogens is 1. The van der Waals surface area contributed by atoms with Crippen molar-refractivity contribution in [2.75, 3.05) is 34.3 Å². The second-order valence-corrected chi connectivity index (χ2v) is 7.52. The largest absolute Gasteiger partial charge is 0.741 e. The zero-order chi connectivity index (χ0) is 19.9. The molecule has 0 saturated heterocycles. The zero-order valence-electron chi connectivity index (χ0n) is 14.2. The summed E-state index contributed by atoms with van der Waals surface area (Å²) in [7, 11) is 0.0651. The normalized spacial score (nSPS) is 16.3. The number of nitrogens with zero attached hydrogens (tertiary/aromatic N) is 1. The van der Waals surface area contributed by atoms with E-state index < -0.39 is 15.6 Å². The Morgan fingerprint density at radius 2 is 1.72 bits per heavy atom.